The van der Waals surface area contributed by atoms with Crippen molar-refractivity contribution in [1.29, 1.82) is 0 Å². The lowest BCUT2D eigenvalue weighted by atomic mass is 9.86. The number of benzene rings is 1. The van der Waals surface area contributed by atoms with Crippen molar-refractivity contribution in [3.05, 3.63) is 34.9 Å². The molecule has 0 heterocycles. The standard InChI is InChI=1S/C17H23ClN2O3/c1-11(19-17(23)14-4-2-3-5-15(14)18)16(22)20-13-8-6-12(10-21)7-9-13/h2-5,11-13,21H,6-10H2,1H3,(H,19,23)(H,20,22). The van der Waals surface area contributed by atoms with Crippen LogP contribution in [0.1, 0.15) is 43.0 Å². The molecule has 2 amide bonds. The van der Waals surface area contributed by atoms with Crippen LogP contribution in [0.5, 0.6) is 0 Å². The quantitative estimate of drug-likeness (QED) is 0.769. The third kappa shape index (κ3) is 4.94. The Morgan fingerprint density at radius 1 is 1.26 bits per heavy atom. The van der Waals surface area contributed by atoms with E-state index in [4.69, 9.17) is 16.7 Å². The molecular weight excluding hydrogens is 316 g/mol. The molecule has 1 fully saturated rings. The zero-order valence-corrected chi connectivity index (χ0v) is 14.0. The molecule has 6 heteroatoms. The second-order valence-corrected chi connectivity index (χ2v) is 6.49. The summed E-state index contributed by atoms with van der Waals surface area (Å²) < 4.78 is 0. The summed E-state index contributed by atoms with van der Waals surface area (Å²) >= 11 is 5.98. The van der Waals surface area contributed by atoms with Gasteiger partial charge in [-0.2, -0.15) is 0 Å². The minimum absolute atomic E-state index is 0.116. The van der Waals surface area contributed by atoms with E-state index in [0.29, 0.717) is 16.5 Å². The predicted molar refractivity (Wildman–Crippen MR) is 89.4 cm³/mol. The van der Waals surface area contributed by atoms with Crippen molar-refractivity contribution in [2.75, 3.05) is 6.61 Å². The van der Waals surface area contributed by atoms with Crippen LogP contribution in [0.4, 0.5) is 0 Å². The fraction of sp³-hybridized carbons (Fsp3) is 0.529. The number of carbonyl (C=O) groups is 2. The number of hydrogen-bond donors (Lipinski definition) is 3. The summed E-state index contributed by atoms with van der Waals surface area (Å²) in [4.78, 5) is 24.4. The monoisotopic (exact) mass is 338 g/mol. The lowest BCUT2D eigenvalue weighted by Gasteiger charge is -2.29. The van der Waals surface area contributed by atoms with Crippen LogP contribution in [0, 0.1) is 5.92 Å². The molecule has 1 saturated carbocycles. The summed E-state index contributed by atoms with van der Waals surface area (Å²) in [5, 5.41) is 15.1. The average Bonchev–Trinajstić information content (AvgIpc) is 2.55. The molecule has 1 atom stereocenters. The van der Waals surface area contributed by atoms with E-state index in [-0.39, 0.29) is 24.5 Å². The zero-order chi connectivity index (χ0) is 16.8. The highest BCUT2D eigenvalue weighted by molar-refractivity contribution is 6.33. The van der Waals surface area contributed by atoms with E-state index in [1.54, 1.807) is 31.2 Å². The molecule has 126 valence electrons. The highest BCUT2D eigenvalue weighted by Crippen LogP contribution is 2.23. The lowest BCUT2D eigenvalue weighted by molar-refractivity contribution is -0.123. The summed E-state index contributed by atoms with van der Waals surface area (Å²) in [5.41, 5.74) is 0.359. The lowest BCUT2D eigenvalue weighted by Crippen LogP contribution is -2.49. The van der Waals surface area contributed by atoms with Crippen molar-refractivity contribution < 1.29 is 14.7 Å². The van der Waals surface area contributed by atoms with E-state index in [9.17, 15) is 9.59 Å². The van der Waals surface area contributed by atoms with Gasteiger partial charge in [-0.25, -0.2) is 0 Å². The molecule has 0 aromatic heterocycles. The second-order valence-electron chi connectivity index (χ2n) is 6.08. The Labute approximate surface area is 141 Å². The molecule has 5 nitrogen and oxygen atoms in total. The van der Waals surface area contributed by atoms with E-state index in [1.807, 2.05) is 0 Å². The number of hydrogen-bond acceptors (Lipinski definition) is 3. The summed E-state index contributed by atoms with van der Waals surface area (Å²) in [6.07, 6.45) is 3.56. The predicted octanol–water partition coefficient (Wildman–Crippen LogP) is 2.13. The van der Waals surface area contributed by atoms with Crippen molar-refractivity contribution in [1.82, 2.24) is 10.6 Å². The first-order valence-corrected chi connectivity index (χ1v) is 8.35. The number of halogens is 1. The van der Waals surface area contributed by atoms with Crippen molar-refractivity contribution in [2.45, 2.75) is 44.7 Å². The van der Waals surface area contributed by atoms with Crippen LogP contribution in [-0.2, 0) is 4.79 Å². The number of aliphatic hydroxyl groups excluding tert-OH is 1. The minimum atomic E-state index is -0.630. The third-order valence-corrected chi connectivity index (χ3v) is 4.64. The summed E-state index contributed by atoms with van der Waals surface area (Å²) in [6, 6.07) is 6.22. The number of aliphatic hydroxyl groups is 1. The smallest absolute Gasteiger partial charge is 0.253 e. The van der Waals surface area contributed by atoms with E-state index >= 15 is 0 Å². The van der Waals surface area contributed by atoms with Gasteiger partial charge < -0.3 is 15.7 Å². The summed E-state index contributed by atoms with van der Waals surface area (Å²) in [7, 11) is 0. The first kappa shape index (κ1) is 17.8. The van der Waals surface area contributed by atoms with Gasteiger partial charge in [-0.1, -0.05) is 23.7 Å². The van der Waals surface area contributed by atoms with E-state index in [2.05, 4.69) is 10.6 Å². The molecule has 0 bridgehead atoms. The van der Waals surface area contributed by atoms with Gasteiger partial charge in [-0.05, 0) is 50.7 Å². The zero-order valence-electron chi connectivity index (χ0n) is 13.2. The number of rotatable bonds is 5. The first-order chi connectivity index (χ1) is 11.0. The maximum Gasteiger partial charge on any atom is 0.253 e. The normalized spacial score (nSPS) is 22.2. The van der Waals surface area contributed by atoms with Gasteiger partial charge in [0.2, 0.25) is 5.91 Å². The minimum Gasteiger partial charge on any atom is -0.396 e. The van der Waals surface area contributed by atoms with Crippen LogP contribution < -0.4 is 10.6 Å². The van der Waals surface area contributed by atoms with Crippen LogP contribution in [0.15, 0.2) is 24.3 Å². The molecule has 1 unspecified atom stereocenters. The van der Waals surface area contributed by atoms with Crippen LogP contribution >= 0.6 is 11.6 Å². The Kier molecular flexibility index (Phi) is 6.42. The van der Waals surface area contributed by atoms with Gasteiger partial charge in [-0.15, -0.1) is 0 Å². The van der Waals surface area contributed by atoms with E-state index in [0.717, 1.165) is 25.7 Å². The van der Waals surface area contributed by atoms with Crippen LogP contribution in [-0.4, -0.2) is 35.6 Å². The molecule has 0 aliphatic heterocycles. The van der Waals surface area contributed by atoms with Gasteiger partial charge in [0.1, 0.15) is 6.04 Å². The second kappa shape index (κ2) is 8.31. The number of nitrogens with one attached hydrogen (secondary N) is 2. The van der Waals surface area contributed by atoms with Gasteiger partial charge in [0.05, 0.1) is 10.6 Å². The van der Waals surface area contributed by atoms with Crippen LogP contribution in [0.3, 0.4) is 0 Å². The molecule has 0 radical (unpaired) electrons. The Morgan fingerprint density at radius 3 is 2.52 bits per heavy atom. The van der Waals surface area contributed by atoms with Crippen LogP contribution in [0.2, 0.25) is 5.02 Å². The van der Waals surface area contributed by atoms with Crippen molar-refractivity contribution in [3.8, 4) is 0 Å². The molecule has 1 aliphatic rings. The van der Waals surface area contributed by atoms with Crippen LogP contribution in [0.25, 0.3) is 0 Å². The van der Waals surface area contributed by atoms with Crippen molar-refractivity contribution >= 4 is 23.4 Å². The summed E-state index contributed by atoms with van der Waals surface area (Å²) in [6.45, 7) is 1.87. The molecule has 0 spiro atoms. The molecule has 23 heavy (non-hydrogen) atoms. The molecule has 1 aromatic carbocycles. The fourth-order valence-electron chi connectivity index (χ4n) is 2.80. The number of carbonyl (C=O) groups excluding carboxylic acids is 2. The topological polar surface area (TPSA) is 78.4 Å². The summed E-state index contributed by atoms with van der Waals surface area (Å²) in [5.74, 6) is -0.208. The Bertz CT molecular complexity index is 557. The Hall–Kier alpha value is -1.59. The van der Waals surface area contributed by atoms with Gasteiger partial charge >= 0.3 is 0 Å². The van der Waals surface area contributed by atoms with Gasteiger partial charge in [0.25, 0.3) is 5.91 Å². The molecule has 2 rings (SSSR count). The van der Waals surface area contributed by atoms with Gasteiger partial charge in [0, 0.05) is 12.6 Å². The Balaban J connectivity index is 1.83. The van der Waals surface area contributed by atoms with Gasteiger partial charge in [-0.3, -0.25) is 9.59 Å². The highest BCUT2D eigenvalue weighted by Gasteiger charge is 2.24. The molecule has 0 saturated heterocycles. The third-order valence-electron chi connectivity index (χ3n) is 4.31. The van der Waals surface area contributed by atoms with E-state index < -0.39 is 6.04 Å². The van der Waals surface area contributed by atoms with E-state index in [1.165, 1.54) is 0 Å². The van der Waals surface area contributed by atoms with Crippen molar-refractivity contribution in [2.24, 2.45) is 5.92 Å². The Morgan fingerprint density at radius 2 is 1.91 bits per heavy atom. The maximum absolute atomic E-state index is 12.2. The van der Waals surface area contributed by atoms with Crippen molar-refractivity contribution in [3.63, 3.8) is 0 Å². The highest BCUT2D eigenvalue weighted by atomic mass is 35.5. The largest absolute Gasteiger partial charge is 0.396 e. The first-order valence-electron chi connectivity index (χ1n) is 7.98. The molecular formula is C17H23ClN2O3. The number of amides is 2. The molecule has 1 aliphatic carbocycles. The maximum atomic E-state index is 12.2. The van der Waals surface area contributed by atoms with Gasteiger partial charge in [0.15, 0.2) is 0 Å². The average molecular weight is 339 g/mol. The fourth-order valence-corrected chi connectivity index (χ4v) is 3.02. The molecule has 3 N–H and O–H groups in total. The SMILES string of the molecule is CC(NC(=O)c1ccccc1Cl)C(=O)NC1CCC(CO)CC1. The molecule has 1 aromatic rings.